The largest absolute Gasteiger partial charge is 0.349 e. The van der Waals surface area contributed by atoms with Crippen molar-refractivity contribution in [2.24, 2.45) is 5.10 Å². The van der Waals surface area contributed by atoms with Crippen LogP contribution in [0.4, 0.5) is 11.4 Å². The molecular weight excluding hydrogens is 400 g/mol. The van der Waals surface area contributed by atoms with Crippen molar-refractivity contribution in [2.75, 3.05) is 10.3 Å². The first kappa shape index (κ1) is 20.0. The van der Waals surface area contributed by atoms with Crippen molar-refractivity contribution in [1.82, 2.24) is 5.32 Å². The normalized spacial score (nSPS) is 17.6. The molecule has 0 bridgehead atoms. The van der Waals surface area contributed by atoms with Gasteiger partial charge >= 0.3 is 0 Å². The van der Waals surface area contributed by atoms with Crippen LogP contribution in [0.1, 0.15) is 41.2 Å². The Labute approximate surface area is 187 Å². The quantitative estimate of drug-likeness (QED) is 0.611. The number of benzene rings is 3. The van der Waals surface area contributed by atoms with E-state index in [9.17, 15) is 9.59 Å². The minimum absolute atomic E-state index is 0.0761. The lowest BCUT2D eigenvalue weighted by Crippen LogP contribution is -2.28. The number of rotatable bonds is 6. The van der Waals surface area contributed by atoms with Crippen LogP contribution in [0.5, 0.6) is 0 Å². The van der Waals surface area contributed by atoms with Gasteiger partial charge < -0.3 is 10.6 Å². The molecule has 6 nitrogen and oxygen atoms in total. The number of carbonyl (C=O) groups excluding carboxylic acids is 2. The van der Waals surface area contributed by atoms with Crippen molar-refractivity contribution in [2.45, 2.75) is 31.3 Å². The number of hydrogen-bond donors (Lipinski definition) is 2. The number of amides is 2. The maximum Gasteiger partial charge on any atom is 0.271 e. The van der Waals surface area contributed by atoms with Gasteiger partial charge in [-0.1, -0.05) is 60.7 Å². The van der Waals surface area contributed by atoms with Crippen molar-refractivity contribution in [3.8, 4) is 0 Å². The van der Waals surface area contributed by atoms with Crippen LogP contribution in [0.3, 0.4) is 0 Å². The number of anilines is 2. The lowest BCUT2D eigenvalue weighted by molar-refractivity contribution is -0.110. The second kappa shape index (κ2) is 8.67. The second-order valence-corrected chi connectivity index (χ2v) is 8.10. The molecule has 0 unspecified atom stereocenters. The first-order chi connectivity index (χ1) is 15.7. The van der Waals surface area contributed by atoms with Gasteiger partial charge in [0, 0.05) is 12.5 Å². The van der Waals surface area contributed by atoms with Gasteiger partial charge in [0.15, 0.2) is 0 Å². The predicted octanol–water partition coefficient (Wildman–Crippen LogP) is 4.52. The van der Waals surface area contributed by atoms with Crippen LogP contribution in [-0.2, 0) is 4.79 Å². The van der Waals surface area contributed by atoms with E-state index in [0.717, 1.165) is 24.1 Å². The van der Waals surface area contributed by atoms with Crippen molar-refractivity contribution < 1.29 is 9.59 Å². The fourth-order valence-electron chi connectivity index (χ4n) is 3.88. The summed E-state index contributed by atoms with van der Waals surface area (Å²) in [7, 11) is 0. The van der Waals surface area contributed by atoms with Crippen molar-refractivity contribution in [3.63, 3.8) is 0 Å². The second-order valence-electron chi connectivity index (χ2n) is 8.10. The molecule has 6 heteroatoms. The predicted molar refractivity (Wildman–Crippen MR) is 126 cm³/mol. The fraction of sp³-hybridized carbons (Fsp3) is 0.192. The van der Waals surface area contributed by atoms with Gasteiger partial charge in [-0.15, -0.1) is 0 Å². The van der Waals surface area contributed by atoms with Crippen molar-refractivity contribution in [1.29, 1.82) is 0 Å². The summed E-state index contributed by atoms with van der Waals surface area (Å²) in [4.78, 5) is 25.8. The Kier molecular flexibility index (Phi) is 5.42. The average Bonchev–Trinajstić information content (AvgIpc) is 3.53. The van der Waals surface area contributed by atoms with Gasteiger partial charge in [-0.3, -0.25) is 14.6 Å². The molecule has 1 atom stereocenters. The highest BCUT2D eigenvalue weighted by molar-refractivity contribution is 6.44. The van der Waals surface area contributed by atoms with Crippen LogP contribution in [0.2, 0.25) is 0 Å². The Bertz CT molecular complexity index is 1160. The van der Waals surface area contributed by atoms with Gasteiger partial charge in [0.05, 0.1) is 23.0 Å². The first-order valence-electron chi connectivity index (χ1n) is 10.9. The molecule has 160 valence electrons. The molecule has 2 aliphatic rings. The fourth-order valence-corrected chi connectivity index (χ4v) is 3.88. The van der Waals surface area contributed by atoms with Crippen LogP contribution >= 0.6 is 0 Å². The summed E-state index contributed by atoms with van der Waals surface area (Å²) < 4.78 is 0. The van der Waals surface area contributed by atoms with Crippen LogP contribution in [0.25, 0.3) is 0 Å². The molecule has 3 aromatic carbocycles. The lowest BCUT2D eigenvalue weighted by Gasteiger charge is -2.23. The Morgan fingerprint density at radius 2 is 1.47 bits per heavy atom. The zero-order chi connectivity index (χ0) is 21.9. The molecule has 2 N–H and O–H groups in total. The average molecular weight is 425 g/mol. The molecule has 1 aliphatic heterocycles. The Morgan fingerprint density at radius 3 is 2.19 bits per heavy atom. The van der Waals surface area contributed by atoms with Crippen LogP contribution < -0.4 is 15.6 Å². The third kappa shape index (κ3) is 4.25. The minimum atomic E-state index is -0.295. The molecular formula is C26H24N4O2. The molecule has 0 aromatic heterocycles. The minimum Gasteiger partial charge on any atom is -0.349 e. The standard InChI is InChI=1S/C26H24N4O2/c31-25(27-19-15-16-19)21-13-7-8-14-22(21)28-26(32)23-17-24(18-9-3-1-4-10-18)30(29-23)20-11-5-2-6-12-20/h1-14,19,24H,15-17H2,(H,27,31)(H,28,32)/t24-/m0/s1. The Hall–Kier alpha value is -3.93. The molecule has 1 fully saturated rings. The van der Waals surface area contributed by atoms with Gasteiger partial charge in [-0.05, 0) is 42.7 Å². The summed E-state index contributed by atoms with van der Waals surface area (Å²) in [6.07, 6.45) is 2.49. The summed E-state index contributed by atoms with van der Waals surface area (Å²) in [5.41, 5.74) is 3.40. The van der Waals surface area contributed by atoms with Gasteiger partial charge in [0.1, 0.15) is 5.71 Å². The highest BCUT2D eigenvalue weighted by Crippen LogP contribution is 2.35. The summed E-state index contributed by atoms with van der Waals surface area (Å²) in [6, 6.07) is 27.2. The van der Waals surface area contributed by atoms with E-state index >= 15 is 0 Å². The lowest BCUT2D eigenvalue weighted by atomic mass is 10.0. The third-order valence-corrected chi connectivity index (χ3v) is 5.71. The molecule has 0 saturated heterocycles. The van der Waals surface area contributed by atoms with Crippen molar-refractivity contribution >= 4 is 28.9 Å². The Morgan fingerprint density at radius 1 is 0.812 bits per heavy atom. The summed E-state index contributed by atoms with van der Waals surface area (Å²) in [5.74, 6) is -0.458. The van der Waals surface area contributed by atoms with E-state index < -0.39 is 0 Å². The van der Waals surface area contributed by atoms with Crippen LogP contribution in [-0.4, -0.2) is 23.6 Å². The first-order valence-corrected chi connectivity index (χ1v) is 10.9. The molecule has 1 saturated carbocycles. The van der Waals surface area contributed by atoms with E-state index in [1.54, 1.807) is 18.2 Å². The van der Waals surface area contributed by atoms with Crippen LogP contribution in [0.15, 0.2) is 90.0 Å². The SMILES string of the molecule is O=C(Nc1ccccc1C(=O)NC1CC1)C1=NN(c2ccccc2)[C@H](c2ccccc2)C1. The zero-order valence-electron chi connectivity index (χ0n) is 17.6. The van der Waals surface area contributed by atoms with E-state index in [1.165, 1.54) is 0 Å². The monoisotopic (exact) mass is 424 g/mol. The molecule has 1 aliphatic carbocycles. The van der Waals surface area contributed by atoms with E-state index in [4.69, 9.17) is 0 Å². The maximum atomic E-state index is 13.2. The number of nitrogens with one attached hydrogen (secondary N) is 2. The number of nitrogens with zero attached hydrogens (tertiary/aromatic N) is 2. The molecule has 0 spiro atoms. The molecule has 2 amide bonds. The number of para-hydroxylation sites is 2. The number of carbonyl (C=O) groups is 2. The summed E-state index contributed by atoms with van der Waals surface area (Å²) in [5, 5.41) is 12.5. The zero-order valence-corrected chi connectivity index (χ0v) is 17.6. The van der Waals surface area contributed by atoms with Gasteiger partial charge in [-0.2, -0.15) is 5.10 Å². The molecule has 1 heterocycles. The smallest absolute Gasteiger partial charge is 0.271 e. The molecule has 5 rings (SSSR count). The summed E-state index contributed by atoms with van der Waals surface area (Å²) in [6.45, 7) is 0. The van der Waals surface area contributed by atoms with E-state index in [0.29, 0.717) is 23.4 Å². The Balaban J connectivity index is 1.40. The summed E-state index contributed by atoms with van der Waals surface area (Å²) >= 11 is 0. The molecule has 0 radical (unpaired) electrons. The van der Waals surface area contributed by atoms with Crippen LogP contribution in [0, 0.1) is 0 Å². The maximum absolute atomic E-state index is 13.2. The third-order valence-electron chi connectivity index (χ3n) is 5.71. The van der Waals surface area contributed by atoms with E-state index in [1.807, 2.05) is 59.6 Å². The molecule has 32 heavy (non-hydrogen) atoms. The number of hydrazone groups is 1. The number of hydrogen-bond acceptors (Lipinski definition) is 4. The van der Waals surface area contributed by atoms with Gasteiger partial charge in [0.2, 0.25) is 0 Å². The van der Waals surface area contributed by atoms with E-state index in [2.05, 4.69) is 27.9 Å². The highest BCUT2D eigenvalue weighted by Gasteiger charge is 2.33. The van der Waals surface area contributed by atoms with E-state index in [-0.39, 0.29) is 23.9 Å². The molecule has 3 aromatic rings. The van der Waals surface area contributed by atoms with Crippen molar-refractivity contribution in [3.05, 3.63) is 96.1 Å². The van der Waals surface area contributed by atoms with Gasteiger partial charge in [-0.25, -0.2) is 0 Å². The van der Waals surface area contributed by atoms with Gasteiger partial charge in [0.25, 0.3) is 11.8 Å². The highest BCUT2D eigenvalue weighted by atomic mass is 16.2. The topological polar surface area (TPSA) is 73.8 Å².